The zero-order chi connectivity index (χ0) is 14.4. The Morgan fingerprint density at radius 3 is 2.85 bits per heavy atom. The molecule has 0 aliphatic carbocycles. The fraction of sp³-hybridized carbons (Fsp3) is 0.500. The first kappa shape index (κ1) is 13.4. The monoisotopic (exact) mass is 300 g/mol. The molecule has 3 rings (SSSR count). The number of hydrogen-bond donors (Lipinski definition) is 4. The smallest absolute Gasteiger partial charge is 0.311 e. The van der Waals surface area contributed by atoms with Gasteiger partial charge in [0.05, 0.1) is 17.5 Å². The molecule has 20 heavy (non-hydrogen) atoms. The predicted molar refractivity (Wildman–Crippen MR) is 69.1 cm³/mol. The highest BCUT2D eigenvalue weighted by Crippen LogP contribution is 2.31. The lowest BCUT2D eigenvalue weighted by molar-refractivity contribution is -0.0518. The summed E-state index contributed by atoms with van der Waals surface area (Å²) >= 11 is 0.878. The van der Waals surface area contributed by atoms with Gasteiger partial charge < -0.3 is 25.8 Å². The quantitative estimate of drug-likeness (QED) is 0.501. The second kappa shape index (κ2) is 4.75. The number of thiazole rings is 1. The van der Waals surface area contributed by atoms with Crippen molar-refractivity contribution >= 4 is 27.6 Å². The minimum atomic E-state index is -1.35. The molecule has 1 saturated heterocycles. The van der Waals surface area contributed by atoms with Crippen LogP contribution in [-0.2, 0) is 4.74 Å². The van der Waals surface area contributed by atoms with Gasteiger partial charge in [-0.15, -0.1) is 0 Å². The summed E-state index contributed by atoms with van der Waals surface area (Å²) in [6.07, 6.45) is -3.32. The maximum atomic E-state index is 12.0. The molecular weight excluding hydrogens is 288 g/mol. The molecule has 3 heterocycles. The maximum absolute atomic E-state index is 12.0. The summed E-state index contributed by atoms with van der Waals surface area (Å²) in [5.41, 5.74) is 5.71. The first-order valence-corrected chi connectivity index (χ1v) is 6.60. The van der Waals surface area contributed by atoms with Crippen LogP contribution in [0.4, 0.5) is 5.95 Å². The molecule has 1 fully saturated rings. The van der Waals surface area contributed by atoms with Crippen LogP contribution in [0.15, 0.2) is 11.0 Å². The summed E-state index contributed by atoms with van der Waals surface area (Å²) in [6, 6.07) is 0. The molecule has 0 amide bonds. The van der Waals surface area contributed by atoms with Crippen molar-refractivity contribution in [1.82, 2.24) is 14.5 Å². The molecule has 0 aromatic carbocycles. The average molecular weight is 300 g/mol. The Morgan fingerprint density at radius 2 is 2.20 bits per heavy atom. The van der Waals surface area contributed by atoms with Crippen molar-refractivity contribution in [3.63, 3.8) is 0 Å². The molecule has 0 spiro atoms. The highest BCUT2D eigenvalue weighted by atomic mass is 32.1. The van der Waals surface area contributed by atoms with Crippen molar-refractivity contribution in [1.29, 1.82) is 0 Å². The minimum absolute atomic E-state index is 0.0178. The van der Waals surface area contributed by atoms with Crippen molar-refractivity contribution in [3.8, 4) is 0 Å². The number of ether oxygens (including phenoxy) is 1. The van der Waals surface area contributed by atoms with Crippen LogP contribution < -0.4 is 10.6 Å². The largest absolute Gasteiger partial charge is 0.394 e. The SMILES string of the molecule is Nc1ncc2sc(=O)n([C@@H]3O[C@H](CO)[C@@H](O)[C@H]3O)c2n1. The van der Waals surface area contributed by atoms with Crippen molar-refractivity contribution in [2.24, 2.45) is 0 Å². The predicted octanol–water partition coefficient (Wildman–Crippen LogP) is -1.95. The standard InChI is InChI=1S/C10H12N4O5S/c11-9-12-1-4-7(13-9)14(10(18)20-4)8-6(17)5(16)3(2-15)19-8/h1,3,5-6,8,15-17H,2H2,(H2,11,12,13)/t3-,5-,6-,8-/m1/s1. The lowest BCUT2D eigenvalue weighted by Crippen LogP contribution is -2.34. The summed E-state index contributed by atoms with van der Waals surface area (Å²) in [4.78, 5) is 19.3. The first-order valence-electron chi connectivity index (χ1n) is 5.79. The summed E-state index contributed by atoms with van der Waals surface area (Å²) in [7, 11) is 0. The van der Waals surface area contributed by atoms with Gasteiger partial charge in [-0.3, -0.25) is 9.36 Å². The Kier molecular flexibility index (Phi) is 3.18. The minimum Gasteiger partial charge on any atom is -0.394 e. The molecule has 0 radical (unpaired) electrons. The number of aromatic nitrogens is 3. The summed E-state index contributed by atoms with van der Waals surface area (Å²) in [5, 5.41) is 28.8. The number of aliphatic hydroxyl groups excluding tert-OH is 3. The van der Waals surface area contributed by atoms with E-state index in [-0.39, 0.29) is 11.6 Å². The Balaban J connectivity index is 2.13. The van der Waals surface area contributed by atoms with Gasteiger partial charge in [-0.1, -0.05) is 11.3 Å². The number of nitrogens with zero attached hydrogens (tertiary/aromatic N) is 3. The number of fused-ring (bicyclic) bond motifs is 1. The van der Waals surface area contributed by atoms with E-state index in [2.05, 4.69) is 9.97 Å². The molecule has 1 aliphatic rings. The molecule has 0 bridgehead atoms. The molecule has 2 aromatic rings. The normalized spacial score (nSPS) is 30.1. The lowest BCUT2D eigenvalue weighted by Gasteiger charge is -2.15. The van der Waals surface area contributed by atoms with Crippen LogP contribution in [0.5, 0.6) is 0 Å². The first-order chi connectivity index (χ1) is 9.52. The third-order valence-electron chi connectivity index (χ3n) is 3.15. The van der Waals surface area contributed by atoms with Crippen LogP contribution in [0.2, 0.25) is 0 Å². The van der Waals surface area contributed by atoms with Crippen molar-refractivity contribution in [2.75, 3.05) is 12.3 Å². The second-order valence-corrected chi connectivity index (χ2v) is 5.38. The average Bonchev–Trinajstić information content (AvgIpc) is 2.88. The molecule has 0 unspecified atom stereocenters. The lowest BCUT2D eigenvalue weighted by atomic mass is 10.1. The van der Waals surface area contributed by atoms with Crippen LogP contribution in [0.1, 0.15) is 6.23 Å². The fourth-order valence-corrected chi connectivity index (χ4v) is 2.98. The summed E-state index contributed by atoms with van der Waals surface area (Å²) < 4.78 is 6.93. The summed E-state index contributed by atoms with van der Waals surface area (Å²) in [5.74, 6) is -0.0178. The molecule has 5 N–H and O–H groups in total. The molecule has 4 atom stereocenters. The summed E-state index contributed by atoms with van der Waals surface area (Å²) in [6.45, 7) is -0.470. The van der Waals surface area contributed by atoms with E-state index >= 15 is 0 Å². The van der Waals surface area contributed by atoms with E-state index < -0.39 is 36.0 Å². The highest BCUT2D eigenvalue weighted by Gasteiger charge is 2.44. The second-order valence-electron chi connectivity index (χ2n) is 4.38. The Hall–Kier alpha value is -1.59. The van der Waals surface area contributed by atoms with Gasteiger partial charge >= 0.3 is 4.87 Å². The zero-order valence-corrected chi connectivity index (χ0v) is 10.9. The number of anilines is 1. The molecule has 2 aromatic heterocycles. The van der Waals surface area contributed by atoms with Gasteiger partial charge in [0.25, 0.3) is 0 Å². The van der Waals surface area contributed by atoms with E-state index in [1.54, 1.807) is 0 Å². The van der Waals surface area contributed by atoms with E-state index in [1.165, 1.54) is 6.20 Å². The van der Waals surface area contributed by atoms with E-state index in [4.69, 9.17) is 15.6 Å². The van der Waals surface area contributed by atoms with Crippen LogP contribution in [0, 0.1) is 0 Å². The third kappa shape index (κ3) is 1.89. The van der Waals surface area contributed by atoms with Gasteiger partial charge in [0.15, 0.2) is 11.9 Å². The van der Waals surface area contributed by atoms with Crippen molar-refractivity contribution in [2.45, 2.75) is 24.5 Å². The Labute approximate surface area is 115 Å². The molecule has 108 valence electrons. The van der Waals surface area contributed by atoms with Crippen molar-refractivity contribution in [3.05, 3.63) is 15.9 Å². The van der Waals surface area contributed by atoms with E-state index in [1.807, 2.05) is 0 Å². The van der Waals surface area contributed by atoms with Crippen LogP contribution in [0.3, 0.4) is 0 Å². The highest BCUT2D eigenvalue weighted by molar-refractivity contribution is 7.16. The van der Waals surface area contributed by atoms with Gasteiger partial charge in [0, 0.05) is 0 Å². The van der Waals surface area contributed by atoms with Gasteiger partial charge in [-0.05, 0) is 0 Å². The number of aliphatic hydroxyl groups is 3. The van der Waals surface area contributed by atoms with Crippen molar-refractivity contribution < 1.29 is 20.1 Å². The van der Waals surface area contributed by atoms with Crippen LogP contribution >= 0.6 is 11.3 Å². The van der Waals surface area contributed by atoms with E-state index in [0.29, 0.717) is 4.70 Å². The maximum Gasteiger partial charge on any atom is 0.311 e. The van der Waals surface area contributed by atoms with Gasteiger partial charge in [-0.25, -0.2) is 4.98 Å². The topological polar surface area (TPSA) is 144 Å². The molecule has 0 saturated carbocycles. The number of nitrogens with two attached hydrogens (primary N) is 1. The molecule has 1 aliphatic heterocycles. The number of hydrogen-bond acceptors (Lipinski definition) is 9. The zero-order valence-electron chi connectivity index (χ0n) is 10.1. The van der Waals surface area contributed by atoms with Gasteiger partial charge in [-0.2, -0.15) is 4.98 Å². The Bertz CT molecular complexity index is 701. The Morgan fingerprint density at radius 1 is 1.45 bits per heavy atom. The van der Waals surface area contributed by atoms with E-state index in [9.17, 15) is 15.0 Å². The number of nitrogen functional groups attached to an aromatic ring is 1. The molecule has 9 nitrogen and oxygen atoms in total. The number of rotatable bonds is 2. The molecular formula is C10H12N4O5S. The molecule has 10 heteroatoms. The van der Waals surface area contributed by atoms with Crippen LogP contribution in [-0.4, -0.2) is 54.8 Å². The fourth-order valence-electron chi connectivity index (χ4n) is 2.17. The van der Waals surface area contributed by atoms with Gasteiger partial charge in [0.1, 0.15) is 18.3 Å². The third-order valence-corrected chi connectivity index (χ3v) is 4.03. The van der Waals surface area contributed by atoms with E-state index in [0.717, 1.165) is 15.9 Å². The van der Waals surface area contributed by atoms with Gasteiger partial charge in [0.2, 0.25) is 5.95 Å². The van der Waals surface area contributed by atoms with Crippen LogP contribution in [0.25, 0.3) is 10.3 Å².